The van der Waals surface area contributed by atoms with Crippen LogP contribution in [0.4, 0.5) is 10.2 Å². The highest BCUT2D eigenvalue weighted by atomic mass is 35.5. The van der Waals surface area contributed by atoms with Gasteiger partial charge in [0, 0.05) is 11.1 Å². The number of halogens is 2. The van der Waals surface area contributed by atoms with Gasteiger partial charge in [0.15, 0.2) is 11.6 Å². The monoisotopic (exact) mass is 362 g/mol. The molecule has 0 spiro atoms. The van der Waals surface area contributed by atoms with E-state index in [1.54, 1.807) is 13.0 Å². The number of aromatic hydroxyl groups is 1. The first-order valence-electron chi connectivity index (χ1n) is 7.41. The lowest BCUT2D eigenvalue weighted by atomic mass is 10.1. The molecular formula is C17H16ClFN4O2. The van der Waals surface area contributed by atoms with Crippen LogP contribution < -0.4 is 11.5 Å². The molecule has 3 aromatic rings. The average molecular weight is 363 g/mol. The van der Waals surface area contributed by atoms with Crippen molar-refractivity contribution >= 4 is 34.4 Å². The molecule has 1 aromatic carbocycles. The normalized spacial score (nSPS) is 11.2. The third-order valence-electron chi connectivity index (χ3n) is 4.25. The molecule has 0 bridgehead atoms. The highest BCUT2D eigenvalue weighted by Gasteiger charge is 2.25. The van der Waals surface area contributed by atoms with Crippen molar-refractivity contribution in [2.45, 2.75) is 20.8 Å². The standard InChI is InChI=1S/C17H16ClFN4O2/c1-6-4-9-11(16(21)25)15(20)23(17(9)22-8(6)3)13-7(2)5-10(19)14(24)12(13)18/h4-5,24H,20H2,1-3H3,(H2,21,25). The molecule has 8 heteroatoms. The van der Waals surface area contributed by atoms with Crippen LogP contribution in [0.5, 0.6) is 5.75 Å². The molecule has 3 rings (SSSR count). The van der Waals surface area contributed by atoms with Gasteiger partial charge in [-0.2, -0.15) is 0 Å². The fourth-order valence-electron chi connectivity index (χ4n) is 2.89. The quantitative estimate of drug-likeness (QED) is 0.650. The van der Waals surface area contributed by atoms with E-state index in [2.05, 4.69) is 4.98 Å². The van der Waals surface area contributed by atoms with Crippen LogP contribution in [-0.4, -0.2) is 20.6 Å². The Hall–Kier alpha value is -2.80. The van der Waals surface area contributed by atoms with Gasteiger partial charge in [-0.3, -0.25) is 9.36 Å². The lowest BCUT2D eigenvalue weighted by Gasteiger charge is -2.15. The molecule has 0 saturated carbocycles. The molecule has 2 heterocycles. The molecule has 2 aromatic heterocycles. The zero-order valence-corrected chi connectivity index (χ0v) is 14.6. The van der Waals surface area contributed by atoms with E-state index in [0.717, 1.165) is 17.3 Å². The summed E-state index contributed by atoms with van der Waals surface area (Å²) in [6.45, 7) is 5.27. The fourth-order valence-corrected chi connectivity index (χ4v) is 3.21. The molecule has 5 N–H and O–H groups in total. The van der Waals surface area contributed by atoms with Crippen molar-refractivity contribution in [3.05, 3.63) is 45.4 Å². The Morgan fingerprint density at radius 1 is 1.28 bits per heavy atom. The lowest BCUT2D eigenvalue weighted by Crippen LogP contribution is -2.14. The van der Waals surface area contributed by atoms with Crippen LogP contribution in [0, 0.1) is 26.6 Å². The Balaban J connectivity index is 2.55. The Kier molecular flexibility index (Phi) is 3.84. The molecule has 0 atom stereocenters. The summed E-state index contributed by atoms with van der Waals surface area (Å²) in [6, 6.07) is 2.89. The molecule has 0 aliphatic carbocycles. The number of phenols is 1. The summed E-state index contributed by atoms with van der Waals surface area (Å²) in [6.07, 6.45) is 0. The van der Waals surface area contributed by atoms with Crippen molar-refractivity contribution in [1.82, 2.24) is 9.55 Å². The number of nitrogens with zero attached hydrogens (tertiary/aromatic N) is 2. The van der Waals surface area contributed by atoms with Gasteiger partial charge in [-0.1, -0.05) is 11.6 Å². The van der Waals surface area contributed by atoms with Crippen LogP contribution >= 0.6 is 11.6 Å². The molecule has 0 radical (unpaired) electrons. The maximum Gasteiger partial charge on any atom is 0.253 e. The molecule has 0 aliphatic heterocycles. The maximum atomic E-state index is 13.7. The SMILES string of the molecule is Cc1cc2c(C(N)=O)c(N)n(-c3c(C)cc(F)c(O)c3Cl)c2nc1C. The zero-order chi connectivity index (χ0) is 18.6. The van der Waals surface area contributed by atoms with E-state index in [1.165, 1.54) is 4.57 Å². The number of aromatic nitrogens is 2. The summed E-state index contributed by atoms with van der Waals surface area (Å²) in [4.78, 5) is 16.4. The highest BCUT2D eigenvalue weighted by molar-refractivity contribution is 6.34. The van der Waals surface area contributed by atoms with Crippen molar-refractivity contribution in [3.63, 3.8) is 0 Å². The largest absolute Gasteiger partial charge is 0.504 e. The van der Waals surface area contributed by atoms with E-state index in [-0.39, 0.29) is 22.1 Å². The number of nitrogen functional groups attached to an aromatic ring is 1. The van der Waals surface area contributed by atoms with E-state index in [4.69, 9.17) is 23.1 Å². The van der Waals surface area contributed by atoms with Gasteiger partial charge in [-0.05, 0) is 44.0 Å². The van der Waals surface area contributed by atoms with Crippen LogP contribution in [0.1, 0.15) is 27.2 Å². The second-order valence-corrected chi connectivity index (χ2v) is 6.29. The predicted octanol–water partition coefficient (Wildman–Crippen LogP) is 3.13. The Labute approximate surface area is 147 Å². The topological polar surface area (TPSA) is 107 Å². The number of nitrogens with two attached hydrogens (primary N) is 2. The molecular weight excluding hydrogens is 347 g/mol. The first-order chi connectivity index (χ1) is 11.6. The van der Waals surface area contributed by atoms with Crippen LogP contribution in [0.3, 0.4) is 0 Å². The van der Waals surface area contributed by atoms with Crippen molar-refractivity contribution in [3.8, 4) is 11.4 Å². The summed E-state index contributed by atoms with van der Waals surface area (Å²) < 4.78 is 15.2. The van der Waals surface area contributed by atoms with Crippen molar-refractivity contribution in [1.29, 1.82) is 0 Å². The van der Waals surface area contributed by atoms with Gasteiger partial charge < -0.3 is 16.6 Å². The fraction of sp³-hybridized carbons (Fsp3) is 0.176. The summed E-state index contributed by atoms with van der Waals surface area (Å²) in [5.74, 6) is -2.24. The second-order valence-electron chi connectivity index (χ2n) is 5.91. The molecule has 1 amide bonds. The molecule has 0 unspecified atom stereocenters. The number of carbonyl (C=O) groups is 1. The number of aryl methyl sites for hydroxylation is 3. The van der Waals surface area contributed by atoms with Gasteiger partial charge in [0.1, 0.15) is 16.5 Å². The number of anilines is 1. The van der Waals surface area contributed by atoms with Crippen LogP contribution in [-0.2, 0) is 0 Å². The minimum atomic E-state index is -0.851. The number of carbonyl (C=O) groups excluding carboxylic acids is 1. The summed E-state index contributed by atoms with van der Waals surface area (Å²) in [5.41, 5.74) is 14.3. The summed E-state index contributed by atoms with van der Waals surface area (Å²) in [5, 5.41) is 10.1. The Morgan fingerprint density at radius 3 is 2.52 bits per heavy atom. The van der Waals surface area contributed by atoms with Crippen LogP contribution in [0.25, 0.3) is 16.7 Å². The Bertz CT molecular complexity index is 1060. The molecule has 6 nitrogen and oxygen atoms in total. The van der Waals surface area contributed by atoms with E-state index < -0.39 is 17.5 Å². The van der Waals surface area contributed by atoms with Gasteiger partial charge in [0.05, 0.1) is 11.3 Å². The molecule has 0 saturated heterocycles. The number of primary amides is 1. The van der Waals surface area contributed by atoms with Crippen LogP contribution in [0.15, 0.2) is 12.1 Å². The maximum absolute atomic E-state index is 13.7. The van der Waals surface area contributed by atoms with E-state index in [1.807, 2.05) is 13.8 Å². The van der Waals surface area contributed by atoms with Crippen molar-refractivity contribution < 1.29 is 14.3 Å². The number of rotatable bonds is 2. The summed E-state index contributed by atoms with van der Waals surface area (Å²) >= 11 is 6.16. The van der Waals surface area contributed by atoms with Gasteiger partial charge in [-0.15, -0.1) is 0 Å². The van der Waals surface area contributed by atoms with Gasteiger partial charge >= 0.3 is 0 Å². The lowest BCUT2D eigenvalue weighted by molar-refractivity contribution is 0.100. The number of hydrogen-bond donors (Lipinski definition) is 3. The first-order valence-corrected chi connectivity index (χ1v) is 7.78. The number of fused-ring (bicyclic) bond motifs is 1. The number of hydrogen-bond acceptors (Lipinski definition) is 4. The Morgan fingerprint density at radius 2 is 1.92 bits per heavy atom. The van der Waals surface area contributed by atoms with E-state index >= 15 is 0 Å². The van der Waals surface area contributed by atoms with Gasteiger partial charge in [0.2, 0.25) is 0 Å². The van der Waals surface area contributed by atoms with E-state index in [9.17, 15) is 14.3 Å². The summed E-state index contributed by atoms with van der Waals surface area (Å²) in [7, 11) is 0. The molecule has 0 fully saturated rings. The van der Waals surface area contributed by atoms with Crippen molar-refractivity contribution in [2.75, 3.05) is 5.73 Å². The van der Waals surface area contributed by atoms with Gasteiger partial charge in [-0.25, -0.2) is 9.37 Å². The first kappa shape index (κ1) is 17.0. The molecule has 0 aliphatic rings. The minimum Gasteiger partial charge on any atom is -0.504 e. The second kappa shape index (κ2) is 5.63. The predicted molar refractivity (Wildman–Crippen MR) is 94.8 cm³/mol. The highest BCUT2D eigenvalue weighted by Crippen LogP contribution is 2.40. The molecule has 25 heavy (non-hydrogen) atoms. The zero-order valence-electron chi connectivity index (χ0n) is 13.8. The average Bonchev–Trinajstić information content (AvgIpc) is 2.78. The smallest absolute Gasteiger partial charge is 0.253 e. The number of pyridine rings is 1. The van der Waals surface area contributed by atoms with Gasteiger partial charge in [0.25, 0.3) is 5.91 Å². The number of phenolic OH excluding ortho intramolecular Hbond substituents is 1. The van der Waals surface area contributed by atoms with E-state index in [0.29, 0.717) is 16.6 Å². The van der Waals surface area contributed by atoms with Crippen LogP contribution in [0.2, 0.25) is 5.02 Å². The molecule has 130 valence electrons. The number of benzene rings is 1. The minimum absolute atomic E-state index is 0.0241. The number of amides is 1. The van der Waals surface area contributed by atoms with Crippen molar-refractivity contribution in [2.24, 2.45) is 5.73 Å². The third kappa shape index (κ3) is 2.39. The third-order valence-corrected chi connectivity index (χ3v) is 4.61.